The Bertz CT molecular complexity index is 692. The van der Waals surface area contributed by atoms with Crippen LogP contribution in [-0.4, -0.2) is 28.1 Å². The Morgan fingerprint density at radius 2 is 2.09 bits per heavy atom. The minimum atomic E-state index is -0.274. The highest BCUT2D eigenvalue weighted by atomic mass is 16.5. The van der Waals surface area contributed by atoms with Gasteiger partial charge in [-0.2, -0.15) is 5.10 Å². The van der Waals surface area contributed by atoms with Crippen molar-refractivity contribution in [1.29, 1.82) is 0 Å². The van der Waals surface area contributed by atoms with E-state index in [0.29, 0.717) is 23.0 Å². The van der Waals surface area contributed by atoms with Gasteiger partial charge in [-0.25, -0.2) is 4.68 Å². The number of benzene rings is 1. The van der Waals surface area contributed by atoms with Crippen LogP contribution in [0, 0.1) is 5.92 Å². The van der Waals surface area contributed by atoms with Crippen molar-refractivity contribution >= 4 is 17.5 Å². The van der Waals surface area contributed by atoms with Crippen molar-refractivity contribution in [2.75, 3.05) is 11.9 Å². The van der Waals surface area contributed by atoms with Gasteiger partial charge in [0.25, 0.3) is 5.91 Å². The number of ketones is 1. The van der Waals surface area contributed by atoms with Gasteiger partial charge in [0.2, 0.25) is 0 Å². The van der Waals surface area contributed by atoms with E-state index in [1.807, 2.05) is 0 Å². The van der Waals surface area contributed by atoms with E-state index < -0.39 is 0 Å². The summed E-state index contributed by atoms with van der Waals surface area (Å²) in [5.74, 6) is 1.24. The molecule has 0 aliphatic heterocycles. The number of ether oxygens (including phenoxy) is 1. The molecule has 0 atom stereocenters. The molecule has 1 heterocycles. The normalized spacial score (nSPS) is 10.6. The first kappa shape index (κ1) is 16.7. The van der Waals surface area contributed by atoms with Crippen molar-refractivity contribution < 1.29 is 14.3 Å². The number of Topliss-reactive ketones (excluding diaryl/α,β-unsaturated/α-hetero) is 1. The van der Waals surface area contributed by atoms with E-state index in [1.165, 1.54) is 6.92 Å². The highest BCUT2D eigenvalue weighted by molar-refractivity contribution is 5.94. The molecule has 2 aromatic rings. The van der Waals surface area contributed by atoms with E-state index in [4.69, 9.17) is 4.74 Å². The van der Waals surface area contributed by atoms with E-state index in [9.17, 15) is 9.59 Å². The molecule has 0 saturated carbocycles. The second-order valence-corrected chi connectivity index (χ2v) is 5.71. The second-order valence-electron chi connectivity index (χ2n) is 5.71. The molecule has 0 aliphatic rings. The van der Waals surface area contributed by atoms with Crippen molar-refractivity contribution in [2.24, 2.45) is 5.92 Å². The zero-order chi connectivity index (χ0) is 16.8. The number of nitrogens with zero attached hydrogens (tertiary/aromatic N) is 2. The Kier molecular flexibility index (Phi) is 5.51. The van der Waals surface area contributed by atoms with Crippen molar-refractivity contribution in [3.05, 3.63) is 42.1 Å². The third-order valence-corrected chi connectivity index (χ3v) is 3.13. The minimum Gasteiger partial charge on any atom is -0.484 e. The average Bonchev–Trinajstić information content (AvgIpc) is 2.91. The van der Waals surface area contributed by atoms with Crippen molar-refractivity contribution in [3.8, 4) is 5.75 Å². The second kappa shape index (κ2) is 7.58. The van der Waals surface area contributed by atoms with Gasteiger partial charge in [-0.05, 0) is 25.0 Å². The van der Waals surface area contributed by atoms with Gasteiger partial charge in [0.05, 0.1) is 6.20 Å². The fraction of sp³-hybridized carbons (Fsp3) is 0.353. The monoisotopic (exact) mass is 315 g/mol. The molecular weight excluding hydrogens is 294 g/mol. The van der Waals surface area contributed by atoms with Crippen LogP contribution in [0.25, 0.3) is 0 Å². The lowest BCUT2D eigenvalue weighted by molar-refractivity contribution is -0.118. The average molecular weight is 315 g/mol. The smallest absolute Gasteiger partial charge is 0.263 e. The summed E-state index contributed by atoms with van der Waals surface area (Å²) in [6, 6.07) is 8.51. The fourth-order valence-corrected chi connectivity index (χ4v) is 2.06. The molecule has 0 fully saturated rings. The quantitative estimate of drug-likeness (QED) is 0.797. The largest absolute Gasteiger partial charge is 0.484 e. The lowest BCUT2D eigenvalue weighted by atomic mass is 10.1. The van der Waals surface area contributed by atoms with Crippen LogP contribution in [0.3, 0.4) is 0 Å². The van der Waals surface area contributed by atoms with Crippen LogP contribution >= 0.6 is 0 Å². The highest BCUT2D eigenvalue weighted by Gasteiger charge is 2.09. The molecule has 23 heavy (non-hydrogen) atoms. The molecule has 0 bridgehead atoms. The molecule has 0 unspecified atom stereocenters. The van der Waals surface area contributed by atoms with Gasteiger partial charge in [0.1, 0.15) is 11.6 Å². The molecule has 6 nitrogen and oxygen atoms in total. The van der Waals surface area contributed by atoms with E-state index in [1.54, 1.807) is 41.2 Å². The van der Waals surface area contributed by atoms with Crippen LogP contribution in [0.5, 0.6) is 5.75 Å². The summed E-state index contributed by atoms with van der Waals surface area (Å²) in [5.41, 5.74) is 0.554. The third-order valence-electron chi connectivity index (χ3n) is 3.13. The molecule has 0 saturated heterocycles. The Labute approximate surface area is 135 Å². The lowest BCUT2D eigenvalue weighted by Crippen LogP contribution is -2.22. The molecule has 2 rings (SSSR count). The lowest BCUT2D eigenvalue weighted by Gasteiger charge is -2.11. The summed E-state index contributed by atoms with van der Waals surface area (Å²) >= 11 is 0. The Balaban J connectivity index is 1.92. The van der Waals surface area contributed by atoms with E-state index in [2.05, 4.69) is 24.3 Å². The van der Waals surface area contributed by atoms with Crippen LogP contribution in [0.1, 0.15) is 31.1 Å². The molecular formula is C17H21N3O3. The number of hydrogen-bond acceptors (Lipinski definition) is 4. The number of nitrogens with one attached hydrogen (secondary N) is 1. The molecule has 1 aromatic heterocycles. The SMILES string of the molecule is CC(=O)c1cccc(OCC(=O)Nc2ccnn2CC(C)C)c1. The van der Waals surface area contributed by atoms with Gasteiger partial charge in [-0.15, -0.1) is 0 Å². The highest BCUT2D eigenvalue weighted by Crippen LogP contribution is 2.14. The summed E-state index contributed by atoms with van der Waals surface area (Å²) < 4.78 is 7.18. The maximum absolute atomic E-state index is 12.0. The van der Waals surface area contributed by atoms with Crippen LogP contribution < -0.4 is 10.1 Å². The number of rotatable bonds is 7. The fourth-order valence-electron chi connectivity index (χ4n) is 2.06. The zero-order valence-electron chi connectivity index (χ0n) is 13.6. The molecule has 1 N–H and O–H groups in total. The number of anilines is 1. The Hall–Kier alpha value is -2.63. The predicted molar refractivity (Wildman–Crippen MR) is 87.6 cm³/mol. The molecule has 1 amide bonds. The molecule has 1 aromatic carbocycles. The number of hydrogen-bond donors (Lipinski definition) is 1. The Morgan fingerprint density at radius 3 is 2.78 bits per heavy atom. The Morgan fingerprint density at radius 1 is 1.30 bits per heavy atom. The van der Waals surface area contributed by atoms with Gasteiger partial charge in [0.15, 0.2) is 12.4 Å². The maximum Gasteiger partial charge on any atom is 0.263 e. The number of aromatic nitrogens is 2. The van der Waals surface area contributed by atoms with Crippen LogP contribution in [0.2, 0.25) is 0 Å². The summed E-state index contributed by atoms with van der Waals surface area (Å²) in [6.45, 7) is 6.25. The summed E-state index contributed by atoms with van der Waals surface area (Å²) in [5, 5.41) is 6.96. The molecule has 6 heteroatoms. The molecule has 122 valence electrons. The molecule has 0 aliphatic carbocycles. The van der Waals surface area contributed by atoms with Gasteiger partial charge >= 0.3 is 0 Å². The number of amides is 1. The van der Waals surface area contributed by atoms with E-state index in [0.717, 1.165) is 6.54 Å². The van der Waals surface area contributed by atoms with Crippen LogP contribution in [0.15, 0.2) is 36.5 Å². The summed E-state index contributed by atoms with van der Waals surface area (Å²) in [4.78, 5) is 23.3. The predicted octanol–water partition coefficient (Wildman–Crippen LogP) is 2.76. The number of carbonyl (C=O) groups excluding carboxylic acids is 2. The summed E-state index contributed by atoms with van der Waals surface area (Å²) in [6.07, 6.45) is 1.65. The molecule has 0 spiro atoms. The maximum atomic E-state index is 12.0. The van der Waals surface area contributed by atoms with Gasteiger partial charge in [-0.1, -0.05) is 26.0 Å². The number of carbonyl (C=O) groups is 2. The first-order valence-electron chi connectivity index (χ1n) is 7.51. The van der Waals surface area contributed by atoms with Crippen molar-refractivity contribution in [3.63, 3.8) is 0 Å². The van der Waals surface area contributed by atoms with Crippen LogP contribution in [-0.2, 0) is 11.3 Å². The zero-order valence-corrected chi connectivity index (χ0v) is 13.6. The third kappa shape index (κ3) is 4.95. The topological polar surface area (TPSA) is 73.2 Å². The standard InChI is InChI=1S/C17H21N3O3/c1-12(2)10-20-16(7-8-18-20)19-17(22)11-23-15-6-4-5-14(9-15)13(3)21/h4-9,12H,10-11H2,1-3H3,(H,19,22). The summed E-state index contributed by atoms with van der Waals surface area (Å²) in [7, 11) is 0. The van der Waals surface area contributed by atoms with E-state index >= 15 is 0 Å². The van der Waals surface area contributed by atoms with Crippen molar-refractivity contribution in [2.45, 2.75) is 27.3 Å². The first-order valence-corrected chi connectivity index (χ1v) is 7.51. The molecule has 0 radical (unpaired) electrons. The minimum absolute atomic E-state index is 0.0440. The van der Waals surface area contributed by atoms with E-state index in [-0.39, 0.29) is 18.3 Å². The van der Waals surface area contributed by atoms with Crippen LogP contribution in [0.4, 0.5) is 5.82 Å². The van der Waals surface area contributed by atoms with Gasteiger partial charge in [0, 0.05) is 18.2 Å². The first-order chi connectivity index (χ1) is 11.0. The van der Waals surface area contributed by atoms with Gasteiger partial charge in [-0.3, -0.25) is 9.59 Å². The van der Waals surface area contributed by atoms with Crippen molar-refractivity contribution in [1.82, 2.24) is 9.78 Å². The van der Waals surface area contributed by atoms with Gasteiger partial charge < -0.3 is 10.1 Å².